The quantitative estimate of drug-likeness (QED) is 0.0433. The van der Waals surface area contributed by atoms with Gasteiger partial charge in [0.25, 0.3) is 0 Å². The number of nitrogens with zero attached hydrogens (tertiary/aromatic N) is 2. The van der Waals surface area contributed by atoms with Crippen molar-refractivity contribution < 1.29 is 19.5 Å². The van der Waals surface area contributed by atoms with E-state index >= 15 is 0 Å². The third kappa shape index (κ3) is 31.6. The smallest absolute Gasteiger partial charge is 0.411 e. The Kier molecular flexibility index (Phi) is 37.9. The topological polar surface area (TPSA) is 6.48 Å². The molecular formula is C32H64N2S4Zn. The third-order valence-electron chi connectivity index (χ3n) is 7.22. The standard InChI is InChI=1S/2C16H33NS2.Zn/c2*1-4-5-6-7-8-9-10-11-12-13-14-17(15(2)3)16(18)19;/h2*15H,4-14H2,1-3H3,(H,18,19);/q;;+2/p-2. The van der Waals surface area contributed by atoms with E-state index in [2.05, 4.69) is 51.3 Å². The van der Waals surface area contributed by atoms with Crippen molar-refractivity contribution >= 4 is 58.3 Å². The molecule has 0 rings (SSSR count). The van der Waals surface area contributed by atoms with Crippen molar-refractivity contribution in [2.75, 3.05) is 13.1 Å². The second-order valence-electron chi connectivity index (χ2n) is 11.5. The molecule has 0 N–H and O–H groups in total. The van der Waals surface area contributed by atoms with Gasteiger partial charge in [0.05, 0.1) is 0 Å². The molecule has 0 spiro atoms. The minimum absolute atomic E-state index is 0. The van der Waals surface area contributed by atoms with Crippen LogP contribution in [0.25, 0.3) is 0 Å². The summed E-state index contributed by atoms with van der Waals surface area (Å²) < 4.78 is 1.26. The SMILES string of the molecule is CCCCCCCCCCCCN(C(=S)[S-])C(C)C.CCCCCCCCCCCCN(C(=S)[S-])C(C)C.[Zn+2]. The Morgan fingerprint density at radius 2 is 0.667 bits per heavy atom. The van der Waals surface area contributed by atoms with Crippen LogP contribution in [0, 0.1) is 0 Å². The molecule has 0 saturated heterocycles. The summed E-state index contributed by atoms with van der Waals surface area (Å²) in [6.07, 6.45) is 27.5. The van der Waals surface area contributed by atoms with Crippen LogP contribution in [0.4, 0.5) is 0 Å². The van der Waals surface area contributed by atoms with E-state index in [4.69, 9.17) is 49.7 Å². The molecule has 2 nitrogen and oxygen atoms in total. The van der Waals surface area contributed by atoms with Crippen LogP contribution in [-0.4, -0.2) is 43.6 Å². The number of thiocarbonyl (C=S) groups is 2. The average molecular weight is 671 g/mol. The Morgan fingerprint density at radius 3 is 0.846 bits per heavy atom. The van der Waals surface area contributed by atoms with Crippen LogP contribution in [0.5, 0.6) is 0 Å². The predicted molar refractivity (Wildman–Crippen MR) is 187 cm³/mol. The zero-order valence-electron chi connectivity index (χ0n) is 26.9. The molecule has 0 fully saturated rings. The summed E-state index contributed by atoms with van der Waals surface area (Å²) in [6.45, 7) is 15.3. The molecule has 0 bridgehead atoms. The van der Waals surface area contributed by atoms with Gasteiger partial charge in [-0.1, -0.05) is 138 Å². The third-order valence-corrected chi connectivity index (χ3v) is 8.16. The summed E-state index contributed by atoms with van der Waals surface area (Å²) in [5, 5.41) is 0. The van der Waals surface area contributed by atoms with Gasteiger partial charge in [-0.25, -0.2) is 0 Å². The fourth-order valence-electron chi connectivity index (χ4n) is 4.66. The monoisotopic (exact) mass is 668 g/mol. The van der Waals surface area contributed by atoms with Gasteiger partial charge in [-0.2, -0.15) is 0 Å². The Bertz CT molecular complexity index is 486. The molecule has 39 heavy (non-hydrogen) atoms. The molecule has 7 heteroatoms. The van der Waals surface area contributed by atoms with Crippen molar-refractivity contribution in [3.8, 4) is 0 Å². The van der Waals surface area contributed by atoms with E-state index < -0.39 is 0 Å². The summed E-state index contributed by atoms with van der Waals surface area (Å²) in [5.74, 6) is 0. The van der Waals surface area contributed by atoms with Gasteiger partial charge in [0.2, 0.25) is 0 Å². The van der Waals surface area contributed by atoms with Crippen LogP contribution in [0.1, 0.15) is 170 Å². The molecular weight excluding hydrogens is 606 g/mol. The first-order valence-corrected chi connectivity index (χ1v) is 17.8. The molecule has 0 saturated carbocycles. The van der Waals surface area contributed by atoms with Gasteiger partial charge in [0.15, 0.2) is 0 Å². The molecule has 0 atom stereocenters. The summed E-state index contributed by atoms with van der Waals surface area (Å²) in [5.41, 5.74) is 0. The Morgan fingerprint density at radius 1 is 0.462 bits per heavy atom. The van der Waals surface area contributed by atoms with E-state index in [0.717, 1.165) is 13.1 Å². The minimum atomic E-state index is 0. The van der Waals surface area contributed by atoms with Gasteiger partial charge in [-0.15, -0.1) is 0 Å². The maximum Gasteiger partial charge on any atom is 2.00 e. The summed E-state index contributed by atoms with van der Waals surface area (Å²) in [7, 11) is 0. The number of hydrogen-bond donors (Lipinski definition) is 0. The van der Waals surface area contributed by atoms with E-state index in [0.29, 0.717) is 20.7 Å². The first kappa shape index (κ1) is 44.3. The first-order chi connectivity index (χ1) is 18.2. The van der Waals surface area contributed by atoms with Crippen LogP contribution < -0.4 is 0 Å². The van der Waals surface area contributed by atoms with Crippen LogP contribution >= 0.6 is 24.4 Å². The van der Waals surface area contributed by atoms with E-state index in [1.54, 1.807) is 0 Å². The Labute approximate surface area is 280 Å². The Balaban J connectivity index is -0.000000648. The fraction of sp³-hybridized carbons (Fsp3) is 0.938. The van der Waals surface area contributed by atoms with Crippen LogP contribution in [0.15, 0.2) is 0 Å². The molecule has 0 radical (unpaired) electrons. The maximum atomic E-state index is 5.10. The molecule has 0 unspecified atom stereocenters. The number of hydrogen-bond acceptors (Lipinski definition) is 4. The van der Waals surface area contributed by atoms with Crippen molar-refractivity contribution in [2.45, 2.75) is 182 Å². The number of rotatable bonds is 24. The van der Waals surface area contributed by atoms with Gasteiger partial charge in [-0.3, -0.25) is 0 Å². The molecule has 0 aromatic rings. The predicted octanol–water partition coefficient (Wildman–Crippen LogP) is 10.9. The van der Waals surface area contributed by atoms with Crippen molar-refractivity contribution in [1.29, 1.82) is 0 Å². The zero-order valence-corrected chi connectivity index (χ0v) is 33.2. The molecule has 0 aliphatic heterocycles. The largest absolute Gasteiger partial charge is 2.00 e. The van der Waals surface area contributed by atoms with Gasteiger partial charge < -0.3 is 59.5 Å². The van der Waals surface area contributed by atoms with Gasteiger partial charge in [0.1, 0.15) is 0 Å². The summed E-state index contributed by atoms with van der Waals surface area (Å²) in [6, 6.07) is 0.895. The van der Waals surface area contributed by atoms with Gasteiger partial charge in [-0.05, 0) is 40.5 Å². The van der Waals surface area contributed by atoms with Crippen molar-refractivity contribution in [3.63, 3.8) is 0 Å². The van der Waals surface area contributed by atoms with E-state index in [-0.39, 0.29) is 19.5 Å². The second kappa shape index (κ2) is 33.3. The Hall–Kier alpha value is 0.843. The number of unbranched alkanes of at least 4 members (excludes halogenated alkanes) is 18. The van der Waals surface area contributed by atoms with Crippen LogP contribution in [0.3, 0.4) is 0 Å². The molecule has 0 aliphatic carbocycles. The molecule has 228 valence electrons. The average Bonchev–Trinajstić information content (AvgIpc) is 2.85. The molecule has 0 aromatic heterocycles. The van der Waals surface area contributed by atoms with E-state index in [9.17, 15) is 0 Å². The van der Waals surface area contributed by atoms with Crippen molar-refractivity contribution in [1.82, 2.24) is 9.80 Å². The molecule has 0 heterocycles. The molecule has 0 amide bonds. The van der Waals surface area contributed by atoms with Crippen LogP contribution in [0.2, 0.25) is 0 Å². The first-order valence-electron chi connectivity index (χ1n) is 16.1. The summed E-state index contributed by atoms with van der Waals surface area (Å²) in [4.78, 5) is 4.32. The van der Waals surface area contributed by atoms with Crippen molar-refractivity contribution in [2.24, 2.45) is 0 Å². The summed E-state index contributed by atoms with van der Waals surface area (Å²) >= 11 is 20.4. The van der Waals surface area contributed by atoms with E-state index in [1.165, 1.54) is 128 Å². The van der Waals surface area contributed by atoms with Gasteiger partial charge >= 0.3 is 19.5 Å². The van der Waals surface area contributed by atoms with E-state index in [1.807, 2.05) is 0 Å². The van der Waals surface area contributed by atoms with Crippen molar-refractivity contribution in [3.05, 3.63) is 0 Å². The van der Waals surface area contributed by atoms with Crippen LogP contribution in [-0.2, 0) is 44.7 Å². The minimum Gasteiger partial charge on any atom is -0.411 e. The van der Waals surface area contributed by atoms with Gasteiger partial charge in [0, 0.05) is 25.2 Å². The second-order valence-corrected chi connectivity index (χ2v) is 13.5. The molecule has 0 aromatic carbocycles. The zero-order chi connectivity index (χ0) is 29.0. The normalized spacial score (nSPS) is 10.7. The molecule has 0 aliphatic rings. The maximum absolute atomic E-state index is 5.10. The fourth-order valence-corrected chi connectivity index (χ4v) is 5.87.